The molecule has 1 aliphatic rings. The fourth-order valence-electron chi connectivity index (χ4n) is 3.91. The highest BCUT2D eigenvalue weighted by atomic mass is 19.1. The van der Waals surface area contributed by atoms with E-state index in [4.69, 9.17) is 4.74 Å². The Morgan fingerprint density at radius 1 is 1.18 bits per heavy atom. The van der Waals surface area contributed by atoms with Gasteiger partial charge in [-0.2, -0.15) is 0 Å². The van der Waals surface area contributed by atoms with E-state index in [2.05, 4.69) is 17.2 Å². The van der Waals surface area contributed by atoms with Crippen LogP contribution in [0.1, 0.15) is 33.6 Å². The van der Waals surface area contributed by atoms with E-state index >= 15 is 0 Å². The number of likely N-dealkylation sites (tertiary alicyclic amines) is 1. The number of benzene rings is 2. The molecule has 0 spiro atoms. The van der Waals surface area contributed by atoms with Crippen molar-refractivity contribution in [3.63, 3.8) is 0 Å². The Morgan fingerprint density at radius 2 is 1.91 bits per heavy atom. The van der Waals surface area contributed by atoms with Crippen LogP contribution in [-0.4, -0.2) is 55.4 Å². The number of amides is 3. The third kappa shape index (κ3) is 5.97. The van der Waals surface area contributed by atoms with Crippen molar-refractivity contribution in [3.8, 4) is 5.75 Å². The highest BCUT2D eigenvalue weighted by Crippen LogP contribution is 2.24. The molecule has 1 atom stereocenters. The third-order valence-electron chi connectivity index (χ3n) is 5.72. The molecule has 0 aromatic heterocycles. The van der Waals surface area contributed by atoms with Gasteiger partial charge in [0.05, 0.1) is 12.7 Å². The Hall–Kier alpha value is -3.68. The van der Waals surface area contributed by atoms with E-state index < -0.39 is 17.8 Å². The quantitative estimate of drug-likeness (QED) is 0.602. The number of piperidine rings is 1. The van der Waals surface area contributed by atoms with Gasteiger partial charge in [0.25, 0.3) is 11.8 Å². The predicted molar refractivity (Wildman–Crippen MR) is 122 cm³/mol. The van der Waals surface area contributed by atoms with Gasteiger partial charge in [-0.05, 0) is 49.1 Å². The molecule has 1 saturated heterocycles. The Labute approximate surface area is 192 Å². The number of nitrogens with zero attached hydrogens (tertiary/aromatic N) is 1. The van der Waals surface area contributed by atoms with Crippen LogP contribution in [0.5, 0.6) is 5.75 Å². The number of hydrogen-bond acceptors (Lipinski definition) is 4. The van der Waals surface area contributed by atoms with Crippen molar-refractivity contribution in [1.82, 2.24) is 15.5 Å². The fourth-order valence-corrected chi connectivity index (χ4v) is 3.91. The average Bonchev–Trinajstić information content (AvgIpc) is 2.85. The van der Waals surface area contributed by atoms with E-state index in [1.807, 2.05) is 0 Å². The van der Waals surface area contributed by atoms with Crippen LogP contribution in [0.3, 0.4) is 0 Å². The second kappa shape index (κ2) is 11.3. The second-order valence-electron chi connectivity index (χ2n) is 7.83. The molecule has 0 saturated carbocycles. The highest BCUT2D eigenvalue weighted by molar-refractivity contribution is 5.98. The molecule has 1 heterocycles. The van der Waals surface area contributed by atoms with E-state index in [9.17, 15) is 18.8 Å². The van der Waals surface area contributed by atoms with Crippen LogP contribution in [0, 0.1) is 11.7 Å². The van der Waals surface area contributed by atoms with Crippen molar-refractivity contribution in [2.75, 3.05) is 26.7 Å². The average molecular weight is 454 g/mol. The summed E-state index contributed by atoms with van der Waals surface area (Å²) in [5.74, 6) is -1.29. The van der Waals surface area contributed by atoms with E-state index in [1.54, 1.807) is 41.3 Å². The lowest BCUT2D eigenvalue weighted by Gasteiger charge is -2.36. The van der Waals surface area contributed by atoms with Crippen LogP contribution in [0.15, 0.2) is 61.2 Å². The summed E-state index contributed by atoms with van der Waals surface area (Å²) in [6.07, 6.45) is 2.55. The maximum absolute atomic E-state index is 14.0. The van der Waals surface area contributed by atoms with Crippen LogP contribution >= 0.6 is 0 Å². The molecule has 1 aliphatic heterocycles. The molecule has 2 aromatic carbocycles. The van der Waals surface area contributed by atoms with Crippen molar-refractivity contribution < 1.29 is 23.5 Å². The molecule has 2 aromatic rings. The van der Waals surface area contributed by atoms with E-state index in [0.717, 1.165) is 0 Å². The number of hydrogen-bond donors (Lipinski definition) is 2. The van der Waals surface area contributed by atoms with Crippen LogP contribution < -0.4 is 15.4 Å². The zero-order chi connectivity index (χ0) is 23.8. The number of nitrogens with one attached hydrogen (secondary N) is 2. The van der Waals surface area contributed by atoms with Gasteiger partial charge in [0.1, 0.15) is 17.6 Å². The summed E-state index contributed by atoms with van der Waals surface area (Å²) in [7, 11) is 1.51. The molecule has 174 valence electrons. The largest absolute Gasteiger partial charge is 0.497 e. The molecule has 33 heavy (non-hydrogen) atoms. The van der Waals surface area contributed by atoms with Gasteiger partial charge in [0.15, 0.2) is 0 Å². The van der Waals surface area contributed by atoms with Gasteiger partial charge in [-0.3, -0.25) is 14.4 Å². The molecule has 3 rings (SSSR count). The van der Waals surface area contributed by atoms with E-state index in [-0.39, 0.29) is 29.8 Å². The summed E-state index contributed by atoms with van der Waals surface area (Å²) < 4.78 is 19.2. The molecule has 8 heteroatoms. The first-order chi connectivity index (χ1) is 15.9. The molecule has 1 unspecified atom stereocenters. The topological polar surface area (TPSA) is 87.7 Å². The van der Waals surface area contributed by atoms with Crippen molar-refractivity contribution in [1.29, 1.82) is 0 Å². The molecular formula is C25H28FN3O4. The molecular weight excluding hydrogens is 425 g/mol. The summed E-state index contributed by atoms with van der Waals surface area (Å²) in [5, 5.41) is 5.59. The smallest absolute Gasteiger partial charge is 0.256 e. The highest BCUT2D eigenvalue weighted by Gasteiger charge is 2.34. The molecule has 0 bridgehead atoms. The molecule has 7 nitrogen and oxygen atoms in total. The summed E-state index contributed by atoms with van der Waals surface area (Å²) in [5.41, 5.74) is 0.408. The predicted octanol–water partition coefficient (Wildman–Crippen LogP) is 2.79. The van der Waals surface area contributed by atoms with E-state index in [0.29, 0.717) is 37.2 Å². The number of methoxy groups -OCH3 is 1. The molecule has 0 radical (unpaired) electrons. The van der Waals surface area contributed by atoms with Crippen LogP contribution in [0.25, 0.3) is 0 Å². The number of ether oxygens (including phenoxy) is 1. The molecule has 2 N–H and O–H groups in total. The lowest BCUT2D eigenvalue weighted by molar-refractivity contribution is -0.124. The zero-order valence-corrected chi connectivity index (χ0v) is 18.6. The Bertz CT molecular complexity index is 1020. The van der Waals surface area contributed by atoms with Crippen molar-refractivity contribution in [2.45, 2.75) is 18.9 Å². The van der Waals surface area contributed by atoms with Gasteiger partial charge in [-0.15, -0.1) is 6.58 Å². The van der Waals surface area contributed by atoms with Crippen LogP contribution in [0.2, 0.25) is 0 Å². The summed E-state index contributed by atoms with van der Waals surface area (Å²) in [6.45, 7) is 4.60. The van der Waals surface area contributed by atoms with E-state index in [1.165, 1.54) is 25.3 Å². The van der Waals surface area contributed by atoms with Crippen molar-refractivity contribution in [2.24, 2.45) is 5.92 Å². The Balaban J connectivity index is 1.70. The lowest BCUT2D eigenvalue weighted by atomic mass is 9.88. The Morgan fingerprint density at radius 3 is 2.58 bits per heavy atom. The fraction of sp³-hybridized carbons (Fsp3) is 0.320. The maximum atomic E-state index is 14.0. The minimum atomic E-state index is -0.783. The summed E-state index contributed by atoms with van der Waals surface area (Å²) >= 11 is 0. The maximum Gasteiger partial charge on any atom is 0.256 e. The van der Waals surface area contributed by atoms with Gasteiger partial charge >= 0.3 is 0 Å². The first-order valence-electron chi connectivity index (χ1n) is 10.8. The summed E-state index contributed by atoms with van der Waals surface area (Å²) in [4.78, 5) is 40.0. The molecule has 0 aliphatic carbocycles. The summed E-state index contributed by atoms with van der Waals surface area (Å²) in [6, 6.07) is 11.8. The molecule has 1 fully saturated rings. The number of rotatable bonds is 8. The SMILES string of the molecule is C=CCNC(=O)C(NC(=O)c1cccc(OC)c1)C1CCN(C(=O)c2ccccc2F)CC1. The zero-order valence-electron chi connectivity index (χ0n) is 18.6. The van der Waals surface area contributed by atoms with Gasteiger partial charge in [0, 0.05) is 25.2 Å². The van der Waals surface area contributed by atoms with Crippen molar-refractivity contribution >= 4 is 17.7 Å². The van der Waals surface area contributed by atoms with Gasteiger partial charge < -0.3 is 20.3 Å². The van der Waals surface area contributed by atoms with Gasteiger partial charge in [-0.1, -0.05) is 24.3 Å². The standard InChI is InChI=1S/C25H28FN3O4/c1-3-13-27-24(31)22(28-23(30)18-7-6-8-19(16-18)33-2)17-11-14-29(15-12-17)25(32)20-9-4-5-10-21(20)26/h3-10,16-17,22H,1,11-15H2,2H3,(H,27,31)(H,28,30). The minimum absolute atomic E-state index is 0.0301. The minimum Gasteiger partial charge on any atom is -0.497 e. The second-order valence-corrected chi connectivity index (χ2v) is 7.83. The number of halogens is 1. The van der Waals surface area contributed by atoms with Gasteiger partial charge in [0.2, 0.25) is 5.91 Å². The third-order valence-corrected chi connectivity index (χ3v) is 5.72. The Kier molecular flexibility index (Phi) is 8.18. The normalized spacial score (nSPS) is 14.8. The number of carbonyl (C=O) groups excluding carboxylic acids is 3. The van der Waals surface area contributed by atoms with Crippen LogP contribution in [0.4, 0.5) is 4.39 Å². The van der Waals surface area contributed by atoms with Crippen molar-refractivity contribution in [3.05, 3.63) is 78.1 Å². The monoisotopic (exact) mass is 453 g/mol. The van der Waals surface area contributed by atoms with Gasteiger partial charge in [-0.25, -0.2) is 4.39 Å². The lowest BCUT2D eigenvalue weighted by Crippen LogP contribution is -2.53. The first-order valence-corrected chi connectivity index (χ1v) is 10.8. The van der Waals surface area contributed by atoms with Crippen LogP contribution in [-0.2, 0) is 4.79 Å². The first kappa shape index (κ1) is 24.0. The molecule has 3 amide bonds. The number of carbonyl (C=O) groups is 3.